The largest absolute Gasteiger partial charge is 0.293 e. The van der Waals surface area contributed by atoms with Crippen LogP contribution in [-0.2, 0) is 19.4 Å². The zero-order valence-electron chi connectivity index (χ0n) is 14.0. The summed E-state index contributed by atoms with van der Waals surface area (Å²) in [6, 6.07) is 11.2. The molecule has 0 saturated carbocycles. The highest BCUT2D eigenvalue weighted by molar-refractivity contribution is 8.00. The smallest absolute Gasteiger partial charge is 0.0804 e. The Bertz CT molecular complexity index is 679. The van der Waals surface area contributed by atoms with Crippen molar-refractivity contribution in [2.45, 2.75) is 50.9 Å². The van der Waals surface area contributed by atoms with Gasteiger partial charge in [0.05, 0.1) is 11.4 Å². The molecule has 4 heteroatoms. The Labute approximate surface area is 143 Å². The molecule has 1 aliphatic heterocycles. The van der Waals surface area contributed by atoms with E-state index in [4.69, 9.17) is 5.10 Å². The number of hydrogen-bond acceptors (Lipinski definition) is 3. The molecule has 0 radical (unpaired) electrons. The van der Waals surface area contributed by atoms with E-state index in [0.29, 0.717) is 11.3 Å². The third kappa shape index (κ3) is 2.83. The van der Waals surface area contributed by atoms with Crippen LogP contribution in [0.2, 0.25) is 0 Å². The molecule has 1 aliphatic carbocycles. The molecule has 1 saturated heterocycles. The lowest BCUT2D eigenvalue weighted by Gasteiger charge is -2.37. The summed E-state index contributed by atoms with van der Waals surface area (Å²) in [5.41, 5.74) is 5.48. The number of thioether (sulfide) groups is 1. The number of aromatic nitrogens is 2. The normalized spacial score (nSPS) is 24.8. The average molecular weight is 327 g/mol. The lowest BCUT2D eigenvalue weighted by Crippen LogP contribution is -2.44. The van der Waals surface area contributed by atoms with Gasteiger partial charge in [-0.3, -0.25) is 4.90 Å². The van der Waals surface area contributed by atoms with Gasteiger partial charge in [-0.1, -0.05) is 25.1 Å². The molecule has 0 N–H and O–H groups in total. The first-order valence-electron chi connectivity index (χ1n) is 8.75. The van der Waals surface area contributed by atoms with Crippen molar-refractivity contribution in [3.05, 3.63) is 47.3 Å². The molecule has 0 bridgehead atoms. The zero-order chi connectivity index (χ0) is 15.8. The summed E-state index contributed by atoms with van der Waals surface area (Å²) in [6.07, 6.45) is 3.64. The van der Waals surface area contributed by atoms with Crippen molar-refractivity contribution in [1.82, 2.24) is 14.7 Å². The van der Waals surface area contributed by atoms with Crippen molar-refractivity contribution in [3.8, 4) is 5.69 Å². The van der Waals surface area contributed by atoms with E-state index in [1.54, 1.807) is 0 Å². The lowest BCUT2D eigenvalue weighted by molar-refractivity contribution is 0.201. The molecule has 2 atom stereocenters. The molecule has 3 nitrogen and oxygen atoms in total. The predicted molar refractivity (Wildman–Crippen MR) is 97.4 cm³/mol. The van der Waals surface area contributed by atoms with Gasteiger partial charge in [0.2, 0.25) is 0 Å². The van der Waals surface area contributed by atoms with Crippen molar-refractivity contribution in [2.24, 2.45) is 0 Å². The molecule has 4 rings (SSSR count). The molecule has 1 aromatic heterocycles. The molecule has 1 aromatic carbocycles. The van der Waals surface area contributed by atoms with Gasteiger partial charge in [-0.15, -0.1) is 0 Å². The standard InChI is InChI=1S/C19H25N3S/c1-14-15(2)23-12-11-21(14)13-18-17-9-6-10-19(17)22(20-18)16-7-4-3-5-8-16/h3-5,7-8,14-15H,6,9-13H2,1-2H3. The summed E-state index contributed by atoms with van der Waals surface area (Å²) < 4.78 is 2.20. The van der Waals surface area contributed by atoms with Crippen molar-refractivity contribution < 1.29 is 0 Å². The minimum Gasteiger partial charge on any atom is -0.293 e. The first-order chi connectivity index (χ1) is 11.2. The topological polar surface area (TPSA) is 21.1 Å². The maximum absolute atomic E-state index is 5.02. The SMILES string of the molecule is CC1SCCN(Cc2nn(-c3ccccc3)c3c2CCC3)C1C. The summed E-state index contributed by atoms with van der Waals surface area (Å²) in [5, 5.41) is 5.74. The van der Waals surface area contributed by atoms with E-state index < -0.39 is 0 Å². The predicted octanol–water partition coefficient (Wildman–Crippen LogP) is 3.69. The molecular weight excluding hydrogens is 302 g/mol. The van der Waals surface area contributed by atoms with E-state index in [-0.39, 0.29) is 0 Å². The van der Waals surface area contributed by atoms with Gasteiger partial charge in [0.15, 0.2) is 0 Å². The number of rotatable bonds is 3. The minimum absolute atomic E-state index is 0.632. The van der Waals surface area contributed by atoms with Gasteiger partial charge in [0.25, 0.3) is 0 Å². The first-order valence-corrected chi connectivity index (χ1v) is 9.79. The lowest BCUT2D eigenvalue weighted by atomic mass is 10.1. The Kier molecular flexibility index (Phi) is 4.20. The van der Waals surface area contributed by atoms with Crippen LogP contribution < -0.4 is 0 Å². The maximum atomic E-state index is 5.02. The van der Waals surface area contributed by atoms with Crippen LogP contribution in [0.25, 0.3) is 5.69 Å². The van der Waals surface area contributed by atoms with E-state index in [2.05, 4.69) is 65.5 Å². The zero-order valence-corrected chi connectivity index (χ0v) is 14.9. The second-order valence-electron chi connectivity index (χ2n) is 6.76. The second kappa shape index (κ2) is 6.33. The molecule has 2 aliphatic rings. The van der Waals surface area contributed by atoms with Crippen LogP contribution in [0.15, 0.2) is 30.3 Å². The Morgan fingerprint density at radius 1 is 1.17 bits per heavy atom. The van der Waals surface area contributed by atoms with Gasteiger partial charge in [-0.2, -0.15) is 16.9 Å². The summed E-state index contributed by atoms with van der Waals surface area (Å²) in [7, 11) is 0. The quantitative estimate of drug-likeness (QED) is 0.858. The molecule has 2 heterocycles. The second-order valence-corrected chi connectivity index (χ2v) is 8.24. The Morgan fingerprint density at radius 2 is 2.00 bits per heavy atom. The summed E-state index contributed by atoms with van der Waals surface area (Å²) in [6.45, 7) is 6.91. The van der Waals surface area contributed by atoms with Crippen LogP contribution in [0.1, 0.15) is 37.2 Å². The van der Waals surface area contributed by atoms with Crippen LogP contribution in [0, 0.1) is 0 Å². The highest BCUT2D eigenvalue weighted by atomic mass is 32.2. The third-order valence-corrected chi connectivity index (χ3v) is 6.72. The van der Waals surface area contributed by atoms with Gasteiger partial charge in [0, 0.05) is 35.8 Å². The van der Waals surface area contributed by atoms with Crippen molar-refractivity contribution >= 4 is 11.8 Å². The van der Waals surface area contributed by atoms with E-state index in [0.717, 1.165) is 6.54 Å². The Morgan fingerprint density at radius 3 is 2.83 bits per heavy atom. The van der Waals surface area contributed by atoms with Crippen molar-refractivity contribution in [1.29, 1.82) is 0 Å². The molecule has 122 valence electrons. The third-order valence-electron chi connectivity index (χ3n) is 5.38. The van der Waals surface area contributed by atoms with Gasteiger partial charge in [-0.05, 0) is 43.9 Å². The highest BCUT2D eigenvalue weighted by Crippen LogP contribution is 2.31. The highest BCUT2D eigenvalue weighted by Gasteiger charge is 2.29. The molecule has 2 unspecified atom stereocenters. The Balaban J connectivity index is 1.65. The van der Waals surface area contributed by atoms with E-state index >= 15 is 0 Å². The fourth-order valence-electron chi connectivity index (χ4n) is 3.83. The van der Waals surface area contributed by atoms with Gasteiger partial charge < -0.3 is 0 Å². The monoisotopic (exact) mass is 327 g/mol. The van der Waals surface area contributed by atoms with Crippen LogP contribution in [-0.4, -0.2) is 38.3 Å². The summed E-state index contributed by atoms with van der Waals surface area (Å²) in [5.74, 6) is 1.24. The summed E-state index contributed by atoms with van der Waals surface area (Å²) in [4.78, 5) is 2.62. The van der Waals surface area contributed by atoms with Crippen LogP contribution in [0.4, 0.5) is 0 Å². The maximum Gasteiger partial charge on any atom is 0.0804 e. The molecule has 0 spiro atoms. The van der Waals surface area contributed by atoms with Gasteiger partial charge in [-0.25, -0.2) is 4.68 Å². The number of nitrogens with zero attached hydrogens (tertiary/aromatic N) is 3. The number of fused-ring (bicyclic) bond motifs is 1. The Hall–Kier alpha value is -1.26. The van der Waals surface area contributed by atoms with Gasteiger partial charge in [0.1, 0.15) is 0 Å². The molecule has 1 fully saturated rings. The fourth-order valence-corrected chi connectivity index (χ4v) is 5.00. The molecule has 23 heavy (non-hydrogen) atoms. The van der Waals surface area contributed by atoms with Crippen molar-refractivity contribution in [3.63, 3.8) is 0 Å². The number of hydrogen-bond donors (Lipinski definition) is 0. The van der Waals surface area contributed by atoms with Crippen molar-refractivity contribution in [2.75, 3.05) is 12.3 Å². The van der Waals surface area contributed by atoms with E-state index in [1.807, 2.05) is 0 Å². The molecular formula is C19H25N3S. The average Bonchev–Trinajstić information content (AvgIpc) is 3.16. The first kappa shape index (κ1) is 15.3. The summed E-state index contributed by atoms with van der Waals surface area (Å²) >= 11 is 2.10. The van der Waals surface area contributed by atoms with Crippen LogP contribution in [0.5, 0.6) is 0 Å². The molecule has 2 aromatic rings. The fraction of sp³-hybridized carbons (Fsp3) is 0.526. The van der Waals surface area contributed by atoms with E-state index in [9.17, 15) is 0 Å². The van der Waals surface area contributed by atoms with Gasteiger partial charge >= 0.3 is 0 Å². The van der Waals surface area contributed by atoms with E-state index in [1.165, 1.54) is 54.2 Å². The number of para-hydroxylation sites is 1. The van der Waals surface area contributed by atoms with Crippen LogP contribution >= 0.6 is 11.8 Å². The number of benzene rings is 1. The van der Waals surface area contributed by atoms with Crippen LogP contribution in [0.3, 0.4) is 0 Å². The molecule has 0 amide bonds. The minimum atomic E-state index is 0.632.